The van der Waals surface area contributed by atoms with Crippen LogP contribution in [0.5, 0.6) is 11.5 Å². The lowest BCUT2D eigenvalue weighted by molar-refractivity contribution is -0.385. The summed E-state index contributed by atoms with van der Waals surface area (Å²) in [7, 11) is 0. The van der Waals surface area contributed by atoms with Crippen molar-refractivity contribution in [2.24, 2.45) is 0 Å². The van der Waals surface area contributed by atoms with Gasteiger partial charge in [0.1, 0.15) is 5.75 Å². The zero-order chi connectivity index (χ0) is 20.5. The molecular weight excluding hydrogens is 368 g/mol. The highest BCUT2D eigenvalue weighted by molar-refractivity contribution is 5.96. The van der Waals surface area contributed by atoms with Gasteiger partial charge in [-0.1, -0.05) is 0 Å². The van der Waals surface area contributed by atoms with Gasteiger partial charge in [-0.05, 0) is 50.2 Å². The fourth-order valence-corrected chi connectivity index (χ4v) is 2.28. The van der Waals surface area contributed by atoms with Gasteiger partial charge in [0.2, 0.25) is 0 Å². The molecule has 0 radical (unpaired) electrons. The molecule has 1 N–H and O–H groups in total. The molecule has 148 valence electrons. The maximum absolute atomic E-state index is 12.1. The standard InChI is InChI=1S/C19H20N2O7/c1-3-26-15-8-6-14(7-9-15)20-18(22)12-28-19(23)13-5-10-17(27-4-2)16(11-13)21(24)25/h5-11H,3-4,12H2,1-2H3,(H,20,22). The number of esters is 1. The quantitative estimate of drug-likeness (QED) is 0.398. The number of hydrogen-bond acceptors (Lipinski definition) is 7. The zero-order valence-corrected chi connectivity index (χ0v) is 15.5. The van der Waals surface area contributed by atoms with Crippen LogP contribution in [0.25, 0.3) is 0 Å². The van der Waals surface area contributed by atoms with Crippen molar-refractivity contribution in [3.63, 3.8) is 0 Å². The molecule has 2 aromatic rings. The molecule has 0 aromatic heterocycles. The van der Waals surface area contributed by atoms with Gasteiger partial charge in [0.25, 0.3) is 5.91 Å². The van der Waals surface area contributed by atoms with Crippen LogP contribution in [0.15, 0.2) is 42.5 Å². The minimum absolute atomic E-state index is 0.0518. The summed E-state index contributed by atoms with van der Waals surface area (Å²) in [5, 5.41) is 13.7. The maximum atomic E-state index is 12.1. The van der Waals surface area contributed by atoms with E-state index in [9.17, 15) is 19.7 Å². The Labute approximate surface area is 161 Å². The fourth-order valence-electron chi connectivity index (χ4n) is 2.28. The van der Waals surface area contributed by atoms with Gasteiger partial charge in [0.05, 0.1) is 23.7 Å². The van der Waals surface area contributed by atoms with Gasteiger partial charge in [-0.2, -0.15) is 0 Å². The number of nitro benzene ring substituents is 1. The van der Waals surface area contributed by atoms with Crippen LogP contribution in [0.4, 0.5) is 11.4 Å². The van der Waals surface area contributed by atoms with Gasteiger partial charge in [0, 0.05) is 11.8 Å². The van der Waals surface area contributed by atoms with Crippen molar-refractivity contribution in [3.05, 3.63) is 58.1 Å². The molecule has 9 nitrogen and oxygen atoms in total. The Balaban J connectivity index is 1.94. The van der Waals surface area contributed by atoms with Crippen molar-refractivity contribution >= 4 is 23.3 Å². The molecule has 0 fully saturated rings. The summed E-state index contributed by atoms with van der Waals surface area (Å²) in [6.45, 7) is 3.80. The van der Waals surface area contributed by atoms with Crippen LogP contribution < -0.4 is 14.8 Å². The molecule has 2 aromatic carbocycles. The normalized spacial score (nSPS) is 10.1. The van der Waals surface area contributed by atoms with Crippen LogP contribution in [0.3, 0.4) is 0 Å². The second-order valence-corrected chi connectivity index (χ2v) is 5.45. The number of nitrogens with zero attached hydrogens (tertiary/aromatic N) is 1. The molecule has 0 unspecified atom stereocenters. The van der Waals surface area contributed by atoms with E-state index in [2.05, 4.69) is 5.32 Å². The molecule has 0 spiro atoms. The summed E-state index contributed by atoms with van der Waals surface area (Å²) in [4.78, 5) is 34.5. The molecule has 0 aliphatic carbocycles. The van der Waals surface area contributed by atoms with Gasteiger partial charge in [-0.15, -0.1) is 0 Å². The second-order valence-electron chi connectivity index (χ2n) is 5.45. The van der Waals surface area contributed by atoms with Crippen molar-refractivity contribution in [1.82, 2.24) is 0 Å². The molecule has 2 rings (SSSR count). The van der Waals surface area contributed by atoms with Crippen LogP contribution >= 0.6 is 0 Å². The first kappa shape index (κ1) is 20.7. The highest BCUT2D eigenvalue weighted by Crippen LogP contribution is 2.28. The Kier molecular flexibility index (Phi) is 7.32. The molecule has 0 aliphatic rings. The van der Waals surface area contributed by atoms with Crippen molar-refractivity contribution in [2.45, 2.75) is 13.8 Å². The number of carbonyl (C=O) groups excluding carboxylic acids is 2. The Morgan fingerprint density at radius 3 is 2.32 bits per heavy atom. The monoisotopic (exact) mass is 388 g/mol. The summed E-state index contributed by atoms with van der Waals surface area (Å²) in [6, 6.07) is 10.4. The summed E-state index contributed by atoms with van der Waals surface area (Å²) in [5.74, 6) is -0.674. The highest BCUT2D eigenvalue weighted by atomic mass is 16.6. The molecule has 0 atom stereocenters. The van der Waals surface area contributed by atoms with E-state index in [0.717, 1.165) is 6.07 Å². The molecule has 0 saturated carbocycles. The van der Waals surface area contributed by atoms with Gasteiger partial charge >= 0.3 is 11.7 Å². The average Bonchev–Trinajstić information content (AvgIpc) is 2.68. The first-order valence-electron chi connectivity index (χ1n) is 8.55. The SMILES string of the molecule is CCOc1ccc(NC(=O)COC(=O)c2ccc(OCC)c([N+](=O)[O-])c2)cc1. The number of benzene rings is 2. The largest absolute Gasteiger partial charge is 0.494 e. The zero-order valence-electron chi connectivity index (χ0n) is 15.5. The smallest absolute Gasteiger partial charge is 0.338 e. The number of rotatable bonds is 9. The number of ether oxygens (including phenoxy) is 3. The van der Waals surface area contributed by atoms with Crippen molar-refractivity contribution < 1.29 is 28.7 Å². The second kappa shape index (κ2) is 9.91. The van der Waals surface area contributed by atoms with Crippen LogP contribution in [-0.2, 0) is 9.53 Å². The number of nitro groups is 1. The average molecular weight is 388 g/mol. The van der Waals surface area contributed by atoms with Crippen LogP contribution in [0.2, 0.25) is 0 Å². The molecule has 0 bridgehead atoms. The molecule has 0 saturated heterocycles. The molecule has 0 aliphatic heterocycles. The minimum atomic E-state index is -0.854. The summed E-state index contributed by atoms with van der Waals surface area (Å²) >= 11 is 0. The number of hydrogen-bond donors (Lipinski definition) is 1. The number of anilines is 1. The van der Waals surface area contributed by atoms with E-state index in [1.54, 1.807) is 31.2 Å². The van der Waals surface area contributed by atoms with Gasteiger partial charge in [-0.25, -0.2) is 4.79 Å². The Morgan fingerprint density at radius 2 is 1.71 bits per heavy atom. The van der Waals surface area contributed by atoms with Crippen LogP contribution in [0, 0.1) is 10.1 Å². The predicted molar refractivity (Wildman–Crippen MR) is 101 cm³/mol. The van der Waals surface area contributed by atoms with Crippen molar-refractivity contribution in [2.75, 3.05) is 25.1 Å². The first-order valence-corrected chi connectivity index (χ1v) is 8.55. The molecule has 0 heterocycles. The van der Waals surface area contributed by atoms with E-state index in [1.165, 1.54) is 12.1 Å². The van der Waals surface area contributed by atoms with E-state index in [4.69, 9.17) is 14.2 Å². The van der Waals surface area contributed by atoms with Crippen molar-refractivity contribution in [3.8, 4) is 11.5 Å². The number of amides is 1. The van der Waals surface area contributed by atoms with Crippen LogP contribution in [0.1, 0.15) is 24.2 Å². The van der Waals surface area contributed by atoms with Gasteiger partial charge in [0.15, 0.2) is 12.4 Å². The Morgan fingerprint density at radius 1 is 1.04 bits per heavy atom. The first-order chi connectivity index (χ1) is 13.4. The Bertz CT molecular complexity index is 850. The third-order valence-corrected chi connectivity index (χ3v) is 3.47. The molecule has 28 heavy (non-hydrogen) atoms. The van der Waals surface area contributed by atoms with Crippen LogP contribution in [-0.4, -0.2) is 36.6 Å². The lowest BCUT2D eigenvalue weighted by Crippen LogP contribution is -2.21. The lowest BCUT2D eigenvalue weighted by Gasteiger charge is -2.09. The third-order valence-electron chi connectivity index (χ3n) is 3.47. The third kappa shape index (κ3) is 5.70. The number of carbonyl (C=O) groups is 2. The highest BCUT2D eigenvalue weighted by Gasteiger charge is 2.20. The summed E-state index contributed by atoms with van der Waals surface area (Å²) < 4.78 is 15.4. The number of nitrogens with one attached hydrogen (secondary N) is 1. The maximum Gasteiger partial charge on any atom is 0.338 e. The Hall–Kier alpha value is -3.62. The molecule has 1 amide bonds. The fraction of sp³-hybridized carbons (Fsp3) is 0.263. The van der Waals surface area contributed by atoms with E-state index in [0.29, 0.717) is 18.0 Å². The topological polar surface area (TPSA) is 117 Å². The lowest BCUT2D eigenvalue weighted by atomic mass is 10.2. The minimum Gasteiger partial charge on any atom is -0.494 e. The van der Waals surface area contributed by atoms with E-state index in [1.807, 2.05) is 6.92 Å². The van der Waals surface area contributed by atoms with Gasteiger partial charge < -0.3 is 19.5 Å². The van der Waals surface area contributed by atoms with E-state index in [-0.39, 0.29) is 23.6 Å². The summed E-state index contributed by atoms with van der Waals surface area (Å²) in [6.07, 6.45) is 0. The van der Waals surface area contributed by atoms with Crippen molar-refractivity contribution in [1.29, 1.82) is 0 Å². The van der Waals surface area contributed by atoms with E-state index >= 15 is 0 Å². The van der Waals surface area contributed by atoms with Gasteiger partial charge in [-0.3, -0.25) is 14.9 Å². The predicted octanol–water partition coefficient (Wildman–Crippen LogP) is 3.19. The summed E-state index contributed by atoms with van der Waals surface area (Å²) in [5.41, 5.74) is 0.111. The molecule has 9 heteroatoms. The molecular formula is C19H20N2O7. The van der Waals surface area contributed by atoms with E-state index < -0.39 is 23.4 Å².